The molecule has 0 radical (unpaired) electrons. The molecule has 0 saturated heterocycles. The number of anilines is 1. The third-order valence-corrected chi connectivity index (χ3v) is 2.64. The van der Waals surface area contributed by atoms with E-state index in [0.717, 1.165) is 22.5 Å². The summed E-state index contributed by atoms with van der Waals surface area (Å²) in [4.78, 5) is 4.20. The largest absolute Gasteiger partial charge is 0.360 e. The Morgan fingerprint density at radius 2 is 2.36 bits per heavy atom. The number of aryl methyl sites for hydroxylation is 1. The van der Waals surface area contributed by atoms with Crippen LogP contribution in [0.15, 0.2) is 12.4 Å². The quantitative estimate of drug-likeness (QED) is 0.829. The number of nitrogens with one attached hydrogen (secondary N) is 1. The molecule has 14 heavy (non-hydrogen) atoms. The number of rotatable bonds is 3. The van der Waals surface area contributed by atoms with Gasteiger partial charge in [0.25, 0.3) is 0 Å². The van der Waals surface area contributed by atoms with Gasteiger partial charge in [0.15, 0.2) is 10.8 Å². The van der Waals surface area contributed by atoms with Crippen LogP contribution in [0.3, 0.4) is 0 Å². The van der Waals surface area contributed by atoms with Crippen molar-refractivity contribution in [2.45, 2.75) is 6.92 Å². The van der Waals surface area contributed by atoms with Crippen molar-refractivity contribution in [2.75, 3.05) is 11.9 Å². The fourth-order valence-corrected chi connectivity index (χ4v) is 1.96. The third-order valence-electron chi connectivity index (χ3n) is 1.77. The molecule has 2 aromatic heterocycles. The average Bonchev–Trinajstić information content (AvgIpc) is 2.74. The molecule has 2 rings (SSSR count). The van der Waals surface area contributed by atoms with E-state index in [1.54, 1.807) is 6.20 Å². The molecule has 0 aliphatic rings. The minimum absolute atomic E-state index is 0.838. The average molecular weight is 209 g/mol. The molecule has 0 saturated carbocycles. The summed E-state index contributed by atoms with van der Waals surface area (Å²) in [5.74, 6) is 0.853. The van der Waals surface area contributed by atoms with Crippen molar-refractivity contribution in [3.05, 3.63) is 12.4 Å². The van der Waals surface area contributed by atoms with E-state index in [9.17, 15) is 0 Å². The fraction of sp³-hybridized carbons (Fsp3) is 0.375. The van der Waals surface area contributed by atoms with Gasteiger partial charge in [-0.3, -0.25) is 0 Å². The second-order valence-electron chi connectivity index (χ2n) is 2.80. The Morgan fingerprint density at radius 1 is 1.50 bits per heavy atom. The van der Waals surface area contributed by atoms with Gasteiger partial charge in [-0.15, -0.1) is 10.2 Å². The van der Waals surface area contributed by atoms with Gasteiger partial charge in [0.05, 0.1) is 0 Å². The highest BCUT2D eigenvalue weighted by Gasteiger charge is 2.09. The lowest BCUT2D eigenvalue weighted by Gasteiger charge is -1.94. The van der Waals surface area contributed by atoms with Crippen molar-refractivity contribution >= 4 is 16.5 Å². The third kappa shape index (κ3) is 1.60. The Hall–Kier alpha value is -1.43. The van der Waals surface area contributed by atoms with Gasteiger partial charge in [-0.05, 0) is 6.92 Å². The van der Waals surface area contributed by atoms with Gasteiger partial charge in [-0.2, -0.15) is 0 Å². The van der Waals surface area contributed by atoms with Crippen LogP contribution in [0.1, 0.15) is 6.92 Å². The van der Waals surface area contributed by atoms with Crippen molar-refractivity contribution in [3.63, 3.8) is 0 Å². The first-order valence-electron chi connectivity index (χ1n) is 4.36. The Bertz CT molecular complexity index is 419. The lowest BCUT2D eigenvalue weighted by Crippen LogP contribution is -1.94. The zero-order valence-corrected chi connectivity index (χ0v) is 8.88. The molecule has 0 spiro atoms. The minimum atomic E-state index is 0.838. The lowest BCUT2D eigenvalue weighted by molar-refractivity contribution is 0.915. The summed E-state index contributed by atoms with van der Waals surface area (Å²) in [7, 11) is 1.94. The molecule has 2 heterocycles. The van der Waals surface area contributed by atoms with E-state index >= 15 is 0 Å². The summed E-state index contributed by atoms with van der Waals surface area (Å²) >= 11 is 1.51. The second-order valence-corrected chi connectivity index (χ2v) is 3.78. The molecule has 0 atom stereocenters. The molecule has 74 valence electrons. The Labute approximate surface area is 85.8 Å². The zero-order valence-electron chi connectivity index (χ0n) is 8.06. The van der Waals surface area contributed by atoms with Crippen molar-refractivity contribution < 1.29 is 0 Å². The van der Waals surface area contributed by atoms with Crippen LogP contribution in [0.4, 0.5) is 5.13 Å². The summed E-state index contributed by atoms with van der Waals surface area (Å²) in [5.41, 5.74) is 0. The summed E-state index contributed by atoms with van der Waals surface area (Å²) in [5, 5.41) is 12.9. The molecule has 0 unspecified atom stereocenters. The van der Waals surface area contributed by atoms with Crippen LogP contribution in [-0.4, -0.2) is 26.3 Å². The number of hydrogen-bond acceptors (Lipinski definition) is 5. The number of imidazole rings is 1. The molecule has 0 fully saturated rings. The van der Waals surface area contributed by atoms with E-state index in [4.69, 9.17) is 0 Å². The van der Waals surface area contributed by atoms with Crippen molar-refractivity contribution in [1.29, 1.82) is 0 Å². The van der Waals surface area contributed by atoms with E-state index < -0.39 is 0 Å². The molecular weight excluding hydrogens is 198 g/mol. The predicted octanol–water partition coefficient (Wildman–Crippen LogP) is 1.37. The van der Waals surface area contributed by atoms with Gasteiger partial charge in [0, 0.05) is 26.0 Å². The van der Waals surface area contributed by atoms with Crippen LogP contribution < -0.4 is 5.32 Å². The zero-order chi connectivity index (χ0) is 9.97. The first kappa shape index (κ1) is 9.14. The SMILES string of the molecule is CCNc1nnc(-c2nccn2C)s1. The van der Waals surface area contributed by atoms with E-state index in [2.05, 4.69) is 20.5 Å². The topological polar surface area (TPSA) is 55.6 Å². The number of aromatic nitrogens is 4. The van der Waals surface area contributed by atoms with Crippen LogP contribution in [0.25, 0.3) is 10.8 Å². The van der Waals surface area contributed by atoms with Gasteiger partial charge < -0.3 is 9.88 Å². The molecule has 0 aliphatic carbocycles. The lowest BCUT2D eigenvalue weighted by atomic mass is 10.6. The Balaban J connectivity index is 2.29. The fourth-order valence-electron chi connectivity index (χ4n) is 1.11. The normalized spacial score (nSPS) is 10.4. The van der Waals surface area contributed by atoms with Crippen LogP contribution in [0.5, 0.6) is 0 Å². The molecule has 0 bridgehead atoms. The molecule has 1 N–H and O–H groups in total. The summed E-state index contributed by atoms with van der Waals surface area (Å²) in [6.07, 6.45) is 3.65. The molecule has 5 nitrogen and oxygen atoms in total. The maximum Gasteiger partial charge on any atom is 0.206 e. The van der Waals surface area contributed by atoms with Gasteiger partial charge in [-0.25, -0.2) is 4.98 Å². The van der Waals surface area contributed by atoms with Crippen molar-refractivity contribution in [3.8, 4) is 10.8 Å². The maximum absolute atomic E-state index is 4.20. The van der Waals surface area contributed by atoms with Crippen LogP contribution in [0, 0.1) is 0 Å². The smallest absolute Gasteiger partial charge is 0.206 e. The minimum Gasteiger partial charge on any atom is -0.360 e. The Morgan fingerprint density at radius 3 is 3.00 bits per heavy atom. The predicted molar refractivity (Wildman–Crippen MR) is 56.3 cm³/mol. The van der Waals surface area contributed by atoms with Crippen LogP contribution in [-0.2, 0) is 7.05 Å². The molecule has 0 aliphatic heterocycles. The number of hydrogen-bond donors (Lipinski definition) is 1. The standard InChI is InChI=1S/C8H11N5S/c1-3-9-8-12-11-7(14-8)6-10-4-5-13(6)2/h4-5H,3H2,1-2H3,(H,9,12). The van der Waals surface area contributed by atoms with Crippen molar-refractivity contribution in [1.82, 2.24) is 19.7 Å². The van der Waals surface area contributed by atoms with Gasteiger partial charge in [0.2, 0.25) is 5.13 Å². The second kappa shape index (κ2) is 3.75. The maximum atomic E-state index is 4.20. The van der Waals surface area contributed by atoms with Gasteiger partial charge >= 0.3 is 0 Å². The summed E-state index contributed by atoms with van der Waals surface area (Å²) in [6.45, 7) is 2.89. The molecule has 2 aromatic rings. The molecular formula is C8H11N5S. The summed E-state index contributed by atoms with van der Waals surface area (Å²) in [6, 6.07) is 0. The first-order chi connectivity index (χ1) is 6.81. The van der Waals surface area contributed by atoms with Gasteiger partial charge in [-0.1, -0.05) is 11.3 Å². The van der Waals surface area contributed by atoms with E-state index in [0.29, 0.717) is 0 Å². The summed E-state index contributed by atoms with van der Waals surface area (Å²) < 4.78 is 1.93. The highest BCUT2D eigenvalue weighted by atomic mass is 32.1. The van der Waals surface area contributed by atoms with Crippen molar-refractivity contribution in [2.24, 2.45) is 7.05 Å². The van der Waals surface area contributed by atoms with Gasteiger partial charge in [0.1, 0.15) is 0 Å². The highest BCUT2D eigenvalue weighted by molar-refractivity contribution is 7.18. The molecule has 0 aromatic carbocycles. The van der Waals surface area contributed by atoms with Crippen LogP contribution in [0.2, 0.25) is 0 Å². The monoisotopic (exact) mass is 209 g/mol. The van der Waals surface area contributed by atoms with E-state index in [1.165, 1.54) is 11.3 Å². The Kier molecular flexibility index (Phi) is 2.45. The number of nitrogens with zero attached hydrogens (tertiary/aromatic N) is 4. The highest BCUT2D eigenvalue weighted by Crippen LogP contribution is 2.23. The first-order valence-corrected chi connectivity index (χ1v) is 5.18. The van der Waals surface area contributed by atoms with Crippen LogP contribution >= 0.6 is 11.3 Å². The molecule has 6 heteroatoms. The molecule has 0 amide bonds. The van der Waals surface area contributed by atoms with E-state index in [-0.39, 0.29) is 0 Å². The van der Waals surface area contributed by atoms with E-state index in [1.807, 2.05) is 24.7 Å².